The predicted molar refractivity (Wildman–Crippen MR) is 64.3 cm³/mol. The Morgan fingerprint density at radius 3 is 3.00 bits per heavy atom. The number of hydrogen-bond donors (Lipinski definition) is 3. The topological polar surface area (TPSA) is 95.0 Å². The molecule has 0 bridgehead atoms. The predicted octanol–water partition coefficient (Wildman–Crippen LogP) is 0.0555. The van der Waals surface area contributed by atoms with Gasteiger partial charge in [0.1, 0.15) is 5.82 Å². The number of nitrogens with zero attached hydrogens (tertiary/aromatic N) is 3. The molecule has 1 fully saturated rings. The van der Waals surface area contributed by atoms with Crippen LogP contribution in [0, 0.1) is 6.92 Å². The van der Waals surface area contributed by atoms with E-state index in [2.05, 4.69) is 10.1 Å². The van der Waals surface area contributed by atoms with Crippen LogP contribution in [0.3, 0.4) is 0 Å². The number of hydrogen-bond acceptors (Lipinski definition) is 5. The molecule has 0 radical (unpaired) electrons. The van der Waals surface area contributed by atoms with Crippen molar-refractivity contribution in [2.45, 2.75) is 19.4 Å². The van der Waals surface area contributed by atoms with E-state index in [1.165, 1.54) is 0 Å². The highest BCUT2D eigenvalue weighted by molar-refractivity contribution is 6.02. The van der Waals surface area contributed by atoms with Crippen LogP contribution in [0.4, 0.5) is 5.82 Å². The largest absolute Gasteiger partial charge is 0.409 e. The Balaban J connectivity index is 2.43. The van der Waals surface area contributed by atoms with Gasteiger partial charge in [0.05, 0.1) is 11.7 Å². The summed E-state index contributed by atoms with van der Waals surface area (Å²) in [5.74, 6) is 0.712. The number of amidine groups is 1. The van der Waals surface area contributed by atoms with E-state index in [0.29, 0.717) is 24.3 Å². The summed E-state index contributed by atoms with van der Waals surface area (Å²) in [5.41, 5.74) is 7.19. The average Bonchev–Trinajstić information content (AvgIpc) is 2.74. The molecule has 4 N–H and O–H groups in total. The molecule has 1 aliphatic heterocycles. The highest BCUT2D eigenvalue weighted by atomic mass is 16.4. The quantitative estimate of drug-likeness (QED) is 0.292. The first-order chi connectivity index (χ1) is 8.13. The Bertz CT molecular complexity index is 447. The van der Waals surface area contributed by atoms with Crippen molar-refractivity contribution in [3.05, 3.63) is 23.4 Å². The Morgan fingerprint density at radius 2 is 2.41 bits per heavy atom. The van der Waals surface area contributed by atoms with Crippen LogP contribution in [-0.2, 0) is 0 Å². The molecular weight excluding hydrogens is 220 g/mol. The van der Waals surface area contributed by atoms with Crippen LogP contribution in [0.1, 0.15) is 17.5 Å². The van der Waals surface area contributed by atoms with Gasteiger partial charge in [-0.05, 0) is 25.0 Å². The van der Waals surface area contributed by atoms with Crippen LogP contribution in [0.5, 0.6) is 0 Å². The van der Waals surface area contributed by atoms with Crippen LogP contribution >= 0.6 is 0 Å². The second-order valence-electron chi connectivity index (χ2n) is 4.20. The van der Waals surface area contributed by atoms with Crippen molar-refractivity contribution in [2.24, 2.45) is 10.9 Å². The molecule has 1 saturated heterocycles. The Hall–Kier alpha value is -1.82. The highest BCUT2D eigenvalue weighted by Gasteiger charge is 2.25. The number of pyridine rings is 1. The van der Waals surface area contributed by atoms with Crippen molar-refractivity contribution in [3.8, 4) is 0 Å². The first-order valence-corrected chi connectivity index (χ1v) is 5.50. The Kier molecular flexibility index (Phi) is 3.14. The van der Waals surface area contributed by atoms with Gasteiger partial charge in [-0.15, -0.1) is 0 Å². The van der Waals surface area contributed by atoms with E-state index in [4.69, 9.17) is 10.9 Å². The van der Waals surface area contributed by atoms with Crippen LogP contribution < -0.4 is 10.6 Å². The molecule has 1 aliphatic rings. The summed E-state index contributed by atoms with van der Waals surface area (Å²) < 4.78 is 0. The van der Waals surface area contributed by atoms with Gasteiger partial charge in [0.2, 0.25) is 0 Å². The van der Waals surface area contributed by atoms with Gasteiger partial charge >= 0.3 is 0 Å². The van der Waals surface area contributed by atoms with E-state index in [9.17, 15) is 5.11 Å². The fourth-order valence-corrected chi connectivity index (χ4v) is 2.08. The lowest BCUT2D eigenvalue weighted by Crippen LogP contribution is -2.27. The fraction of sp³-hybridized carbons (Fsp3) is 0.455. The van der Waals surface area contributed by atoms with Crippen LogP contribution in [0.15, 0.2) is 17.4 Å². The van der Waals surface area contributed by atoms with Gasteiger partial charge < -0.3 is 20.9 Å². The molecule has 0 saturated carbocycles. The molecule has 1 aromatic heterocycles. The molecule has 6 nitrogen and oxygen atoms in total. The van der Waals surface area contributed by atoms with E-state index in [1.54, 1.807) is 6.20 Å². The lowest BCUT2D eigenvalue weighted by atomic mass is 10.1. The van der Waals surface area contributed by atoms with E-state index in [1.807, 2.05) is 17.9 Å². The standard InChI is InChI=1S/C11H16N4O2/c1-7-2-4-13-11(9(7)10(12)14-17)15-5-3-8(16)6-15/h2,4,8,16-17H,3,5-6H2,1H3,(H2,12,14). The molecule has 0 aliphatic carbocycles. The van der Waals surface area contributed by atoms with Gasteiger partial charge in [-0.25, -0.2) is 4.98 Å². The van der Waals surface area contributed by atoms with Gasteiger partial charge in [0.25, 0.3) is 0 Å². The zero-order chi connectivity index (χ0) is 12.4. The maximum atomic E-state index is 9.54. The summed E-state index contributed by atoms with van der Waals surface area (Å²) in [6.07, 6.45) is 2.06. The normalized spacial score (nSPS) is 20.9. The molecule has 2 rings (SSSR count). The lowest BCUT2D eigenvalue weighted by molar-refractivity contribution is 0.198. The molecule has 6 heteroatoms. The molecule has 2 heterocycles. The maximum Gasteiger partial charge on any atom is 0.174 e. The highest BCUT2D eigenvalue weighted by Crippen LogP contribution is 2.24. The third-order valence-electron chi connectivity index (χ3n) is 2.97. The van der Waals surface area contributed by atoms with Crippen molar-refractivity contribution in [2.75, 3.05) is 18.0 Å². The number of aliphatic hydroxyl groups excluding tert-OH is 1. The van der Waals surface area contributed by atoms with Gasteiger partial charge in [-0.2, -0.15) is 0 Å². The SMILES string of the molecule is Cc1ccnc(N2CCC(O)C2)c1/C(N)=N/O. The van der Waals surface area contributed by atoms with Crippen molar-refractivity contribution >= 4 is 11.7 Å². The third-order valence-corrected chi connectivity index (χ3v) is 2.97. The summed E-state index contributed by atoms with van der Waals surface area (Å²) in [7, 11) is 0. The number of β-amino-alcohol motifs (C(OH)–C–C–N with tert-alkyl or cyclic N) is 1. The lowest BCUT2D eigenvalue weighted by Gasteiger charge is -2.20. The summed E-state index contributed by atoms with van der Waals surface area (Å²) in [6.45, 7) is 3.14. The monoisotopic (exact) mass is 236 g/mol. The van der Waals surface area contributed by atoms with E-state index in [0.717, 1.165) is 12.1 Å². The number of aromatic nitrogens is 1. The zero-order valence-corrected chi connectivity index (χ0v) is 9.67. The molecule has 1 unspecified atom stereocenters. The molecule has 0 spiro atoms. The molecule has 1 aromatic rings. The van der Waals surface area contributed by atoms with E-state index in [-0.39, 0.29) is 11.9 Å². The summed E-state index contributed by atoms with van der Waals surface area (Å²) >= 11 is 0. The second-order valence-corrected chi connectivity index (χ2v) is 4.20. The maximum absolute atomic E-state index is 9.54. The number of aryl methyl sites for hydroxylation is 1. The molecule has 0 aromatic carbocycles. The van der Waals surface area contributed by atoms with Gasteiger partial charge in [0, 0.05) is 19.3 Å². The minimum atomic E-state index is -0.336. The second kappa shape index (κ2) is 4.58. The van der Waals surface area contributed by atoms with Crippen molar-refractivity contribution < 1.29 is 10.3 Å². The fourth-order valence-electron chi connectivity index (χ4n) is 2.08. The summed E-state index contributed by atoms with van der Waals surface area (Å²) in [4.78, 5) is 6.22. The van der Waals surface area contributed by atoms with Gasteiger partial charge in [0.15, 0.2) is 5.84 Å². The first kappa shape index (κ1) is 11.7. The van der Waals surface area contributed by atoms with Gasteiger partial charge in [-0.1, -0.05) is 5.16 Å². The van der Waals surface area contributed by atoms with Crippen molar-refractivity contribution in [1.82, 2.24) is 4.98 Å². The van der Waals surface area contributed by atoms with E-state index < -0.39 is 0 Å². The van der Waals surface area contributed by atoms with Crippen LogP contribution in [0.2, 0.25) is 0 Å². The number of rotatable bonds is 2. The van der Waals surface area contributed by atoms with E-state index >= 15 is 0 Å². The number of anilines is 1. The van der Waals surface area contributed by atoms with Crippen LogP contribution in [0.25, 0.3) is 0 Å². The number of nitrogens with two attached hydrogens (primary N) is 1. The van der Waals surface area contributed by atoms with Crippen LogP contribution in [-0.4, -0.2) is 40.3 Å². The van der Waals surface area contributed by atoms with Crippen molar-refractivity contribution in [3.63, 3.8) is 0 Å². The zero-order valence-electron chi connectivity index (χ0n) is 9.67. The third kappa shape index (κ3) is 2.16. The van der Waals surface area contributed by atoms with Gasteiger partial charge in [-0.3, -0.25) is 0 Å². The van der Waals surface area contributed by atoms with Crippen molar-refractivity contribution in [1.29, 1.82) is 0 Å². The first-order valence-electron chi connectivity index (χ1n) is 5.50. The average molecular weight is 236 g/mol. The minimum absolute atomic E-state index is 0.0481. The minimum Gasteiger partial charge on any atom is -0.409 e. The Labute approximate surface area is 99.4 Å². The summed E-state index contributed by atoms with van der Waals surface area (Å²) in [6, 6.07) is 1.81. The summed E-state index contributed by atoms with van der Waals surface area (Å²) in [5, 5.41) is 21.4. The number of oxime groups is 1. The number of aliphatic hydroxyl groups is 1. The Morgan fingerprint density at radius 1 is 1.65 bits per heavy atom. The molecule has 0 amide bonds. The molecule has 17 heavy (non-hydrogen) atoms. The molecular formula is C11H16N4O2. The molecule has 92 valence electrons. The smallest absolute Gasteiger partial charge is 0.174 e. The molecule has 1 atom stereocenters.